The molecule has 1 aliphatic heterocycles. The summed E-state index contributed by atoms with van der Waals surface area (Å²) in [4.78, 5) is 17.1. The number of carbonyl (C=O) groups is 1. The van der Waals surface area contributed by atoms with E-state index in [0.717, 1.165) is 39.1 Å². The van der Waals surface area contributed by atoms with Gasteiger partial charge in [-0.25, -0.2) is 13.6 Å². The van der Waals surface area contributed by atoms with Crippen molar-refractivity contribution in [3.63, 3.8) is 0 Å². The molecule has 3 rings (SSSR count). The number of ether oxygens (including phenoxy) is 1. The number of carbonyl (C=O) groups excluding carboxylic acids is 1. The number of methoxy groups -OCH3 is 1. The van der Waals surface area contributed by atoms with E-state index in [9.17, 15) is 21.6 Å². The number of sulfonamides is 1. The summed E-state index contributed by atoms with van der Waals surface area (Å²) in [5, 5.41) is 7.99. The molecular weight excluding hydrogens is 496 g/mol. The number of nitrogens with one attached hydrogen (secondary N) is 1. The van der Waals surface area contributed by atoms with Crippen molar-refractivity contribution in [1.29, 1.82) is 0 Å². The molecule has 13 heteroatoms. The molecule has 11 nitrogen and oxygen atoms in total. The van der Waals surface area contributed by atoms with Gasteiger partial charge < -0.3 is 15.0 Å². The number of benzene rings is 2. The highest BCUT2D eigenvalue weighted by Gasteiger charge is 2.18. The highest BCUT2D eigenvalue weighted by Crippen LogP contribution is 2.22. The molecule has 0 saturated carbocycles. The van der Waals surface area contributed by atoms with Gasteiger partial charge in [0.1, 0.15) is 5.75 Å². The molecule has 1 fully saturated rings. The number of para-hydroxylation sites is 1. The molecule has 0 bridgehead atoms. The van der Waals surface area contributed by atoms with Crippen molar-refractivity contribution in [2.45, 2.75) is 11.3 Å². The van der Waals surface area contributed by atoms with Crippen molar-refractivity contribution in [2.75, 3.05) is 57.5 Å². The second kappa shape index (κ2) is 12.8. The smallest absolute Gasteiger partial charge is 0.261 e. The van der Waals surface area contributed by atoms with E-state index in [-0.39, 0.29) is 16.4 Å². The average Bonchev–Trinajstić information content (AvgIpc) is 2.80. The van der Waals surface area contributed by atoms with Gasteiger partial charge in [0.05, 0.1) is 23.8 Å². The zero-order valence-corrected chi connectivity index (χ0v) is 21.4. The third kappa shape index (κ3) is 10.2. The lowest BCUT2D eigenvalue weighted by molar-refractivity contribution is 0.0948. The van der Waals surface area contributed by atoms with Crippen LogP contribution in [0.1, 0.15) is 16.8 Å². The van der Waals surface area contributed by atoms with Gasteiger partial charge >= 0.3 is 0 Å². The number of hydrogen-bond donors (Lipinski definition) is 3. The third-order valence-electron chi connectivity index (χ3n) is 5.17. The van der Waals surface area contributed by atoms with E-state index in [1.54, 1.807) is 0 Å². The molecule has 35 heavy (non-hydrogen) atoms. The van der Waals surface area contributed by atoms with Gasteiger partial charge in [-0.1, -0.05) is 18.2 Å². The summed E-state index contributed by atoms with van der Waals surface area (Å²) in [6, 6.07) is 14.4. The molecule has 2 aromatic rings. The summed E-state index contributed by atoms with van der Waals surface area (Å²) >= 11 is 0. The molecule has 4 N–H and O–H groups in total. The summed E-state index contributed by atoms with van der Waals surface area (Å²) in [6.07, 6.45) is 1.52. The summed E-state index contributed by atoms with van der Waals surface area (Å²) in [5.41, 5.74) is 1.40. The Hall–Kier alpha value is -2.71. The second-order valence-corrected chi connectivity index (χ2v) is 10.9. The molecule has 2 aromatic carbocycles. The van der Waals surface area contributed by atoms with Crippen molar-refractivity contribution in [3.05, 3.63) is 54.1 Å². The maximum absolute atomic E-state index is 12.5. The summed E-state index contributed by atoms with van der Waals surface area (Å²) in [6.45, 7) is 5.29. The zero-order valence-electron chi connectivity index (χ0n) is 19.8. The molecule has 0 aliphatic carbocycles. The van der Waals surface area contributed by atoms with Gasteiger partial charge in [-0.2, -0.15) is 8.42 Å². The molecule has 194 valence electrons. The molecule has 1 heterocycles. The SMILES string of the molecule is COc1ccc(S(N)(=O)=O)cc1C(=O)NCCCN1CCN(c2ccccc2)CC1.CS(=O)(=O)O. The largest absolute Gasteiger partial charge is 0.496 e. The van der Waals surface area contributed by atoms with E-state index in [1.165, 1.54) is 31.0 Å². The number of nitrogens with two attached hydrogens (primary N) is 1. The molecule has 0 atom stereocenters. The van der Waals surface area contributed by atoms with Crippen LogP contribution in [0.4, 0.5) is 5.69 Å². The van der Waals surface area contributed by atoms with Crippen molar-refractivity contribution < 1.29 is 30.9 Å². The Morgan fingerprint density at radius 1 is 1.06 bits per heavy atom. The van der Waals surface area contributed by atoms with Gasteiger partial charge in [-0.15, -0.1) is 0 Å². The molecule has 0 radical (unpaired) electrons. The topological polar surface area (TPSA) is 159 Å². The fourth-order valence-corrected chi connectivity index (χ4v) is 4.05. The van der Waals surface area contributed by atoms with E-state index < -0.39 is 20.1 Å². The van der Waals surface area contributed by atoms with E-state index in [0.29, 0.717) is 18.6 Å². The Kier molecular flexibility index (Phi) is 10.5. The van der Waals surface area contributed by atoms with Gasteiger partial charge in [0, 0.05) is 38.4 Å². The van der Waals surface area contributed by atoms with E-state index in [2.05, 4.69) is 39.4 Å². The van der Waals surface area contributed by atoms with Crippen molar-refractivity contribution in [1.82, 2.24) is 10.2 Å². The Morgan fingerprint density at radius 3 is 2.20 bits per heavy atom. The highest BCUT2D eigenvalue weighted by atomic mass is 32.2. The Labute approximate surface area is 206 Å². The Bertz CT molecular complexity index is 1170. The Balaban J connectivity index is 0.000000784. The maximum Gasteiger partial charge on any atom is 0.261 e. The van der Waals surface area contributed by atoms with E-state index >= 15 is 0 Å². The first-order valence-corrected chi connectivity index (χ1v) is 14.2. The number of rotatable bonds is 8. The first kappa shape index (κ1) is 28.5. The van der Waals surface area contributed by atoms with E-state index in [4.69, 9.17) is 14.4 Å². The molecule has 0 unspecified atom stereocenters. The van der Waals surface area contributed by atoms with Crippen molar-refractivity contribution >= 4 is 31.7 Å². The fourth-order valence-electron chi connectivity index (χ4n) is 3.51. The molecule has 1 amide bonds. The highest BCUT2D eigenvalue weighted by molar-refractivity contribution is 7.89. The van der Waals surface area contributed by atoms with Crippen LogP contribution < -0.4 is 20.1 Å². The molecule has 0 spiro atoms. The maximum atomic E-state index is 12.5. The molecule has 0 aromatic heterocycles. The van der Waals surface area contributed by atoms with Gasteiger partial charge in [0.2, 0.25) is 10.0 Å². The van der Waals surface area contributed by atoms with Crippen LogP contribution in [-0.2, 0) is 20.1 Å². The van der Waals surface area contributed by atoms with Crippen LogP contribution >= 0.6 is 0 Å². The van der Waals surface area contributed by atoms with Crippen LogP contribution in [0.2, 0.25) is 0 Å². The quantitative estimate of drug-likeness (QED) is 0.332. The summed E-state index contributed by atoms with van der Waals surface area (Å²) in [7, 11) is -6.13. The number of piperazine rings is 1. The monoisotopic (exact) mass is 528 g/mol. The normalized spacial score (nSPS) is 14.6. The van der Waals surface area contributed by atoms with Gasteiger partial charge in [-0.05, 0) is 43.3 Å². The minimum absolute atomic E-state index is 0.121. The number of anilines is 1. The standard InChI is InChI=1S/C21H28N4O4S.CH4O3S/c1-29-20-9-8-18(30(22,27)28)16-19(20)21(26)23-10-5-11-24-12-14-25(15-13-24)17-6-3-2-4-7-17;1-5(2,3)4/h2-4,6-9,16H,5,10-15H2,1H3,(H,23,26)(H2,22,27,28);1H3,(H,2,3,4). The van der Waals surface area contributed by atoms with Gasteiger partial charge in [0.15, 0.2) is 0 Å². The average molecular weight is 529 g/mol. The minimum atomic E-state index is -3.89. The summed E-state index contributed by atoms with van der Waals surface area (Å²) < 4.78 is 54.1. The van der Waals surface area contributed by atoms with Crippen molar-refractivity contribution in [2.24, 2.45) is 5.14 Å². The molecular formula is C22H32N4O7S2. The van der Waals surface area contributed by atoms with Crippen LogP contribution in [0, 0.1) is 0 Å². The lowest BCUT2D eigenvalue weighted by Crippen LogP contribution is -2.47. The van der Waals surface area contributed by atoms with Crippen molar-refractivity contribution in [3.8, 4) is 5.75 Å². The fraction of sp³-hybridized carbons (Fsp3) is 0.409. The number of amides is 1. The molecule has 1 aliphatic rings. The lowest BCUT2D eigenvalue weighted by Gasteiger charge is -2.36. The minimum Gasteiger partial charge on any atom is -0.496 e. The van der Waals surface area contributed by atoms with Crippen LogP contribution in [0.5, 0.6) is 5.75 Å². The zero-order chi connectivity index (χ0) is 26.1. The predicted octanol–water partition coefficient (Wildman–Crippen LogP) is 0.789. The van der Waals surface area contributed by atoms with Gasteiger partial charge in [-0.3, -0.25) is 14.2 Å². The van der Waals surface area contributed by atoms with Gasteiger partial charge in [0.25, 0.3) is 16.0 Å². The Morgan fingerprint density at radius 2 is 1.66 bits per heavy atom. The third-order valence-corrected chi connectivity index (χ3v) is 6.09. The number of primary sulfonamides is 1. The van der Waals surface area contributed by atoms with Crippen LogP contribution in [0.15, 0.2) is 53.4 Å². The number of hydrogen-bond acceptors (Lipinski definition) is 8. The van der Waals surface area contributed by atoms with Crippen LogP contribution in [0.3, 0.4) is 0 Å². The first-order valence-electron chi connectivity index (χ1n) is 10.8. The van der Waals surface area contributed by atoms with Crippen LogP contribution in [-0.4, -0.2) is 84.8 Å². The number of nitrogens with zero attached hydrogens (tertiary/aromatic N) is 2. The lowest BCUT2D eigenvalue weighted by atomic mass is 10.2. The van der Waals surface area contributed by atoms with Crippen LogP contribution in [0.25, 0.3) is 0 Å². The summed E-state index contributed by atoms with van der Waals surface area (Å²) in [5.74, 6) is -0.0804. The predicted molar refractivity (Wildman–Crippen MR) is 134 cm³/mol. The van der Waals surface area contributed by atoms with E-state index in [1.807, 2.05) is 6.07 Å². The molecule has 1 saturated heterocycles. The first-order chi connectivity index (χ1) is 16.4. The second-order valence-electron chi connectivity index (χ2n) is 7.91.